The second-order valence-corrected chi connectivity index (χ2v) is 4.11. The third-order valence-corrected chi connectivity index (χ3v) is 2.60. The molecule has 15 heavy (non-hydrogen) atoms. The van der Waals surface area contributed by atoms with E-state index in [9.17, 15) is 9.59 Å². The molecular weight excluding hydrogens is 200 g/mol. The highest BCUT2D eigenvalue weighted by Crippen LogP contribution is 2.33. The Balaban J connectivity index is 0.000000151. The molecule has 2 rings (SSSR count). The van der Waals surface area contributed by atoms with Crippen LogP contribution < -0.4 is 11.5 Å². The van der Waals surface area contributed by atoms with Gasteiger partial charge in [-0.1, -0.05) is 0 Å². The van der Waals surface area contributed by atoms with E-state index in [-0.39, 0.29) is 5.97 Å². The average Bonchev–Trinajstić information content (AvgIpc) is 3.07. The van der Waals surface area contributed by atoms with E-state index < -0.39 is 17.0 Å². The lowest BCUT2D eigenvalue weighted by Crippen LogP contribution is -2.33. The smallest absolute Gasteiger partial charge is 0.325 e. The molecule has 5 N–H and O–H groups in total. The highest BCUT2D eigenvalue weighted by Gasteiger charge is 2.47. The number of hydrogen-bond donors (Lipinski definition) is 3. The largest absolute Gasteiger partial charge is 0.480 e. The van der Waals surface area contributed by atoms with Crippen LogP contribution in [0.4, 0.5) is 0 Å². The second-order valence-electron chi connectivity index (χ2n) is 4.11. The topological polar surface area (TPSA) is 116 Å². The predicted molar refractivity (Wildman–Crippen MR) is 52.0 cm³/mol. The van der Waals surface area contributed by atoms with E-state index in [1.165, 1.54) is 7.11 Å². The minimum absolute atomic E-state index is 0.280. The van der Waals surface area contributed by atoms with E-state index >= 15 is 0 Å². The fraction of sp³-hybridized carbons (Fsp3) is 0.778. The van der Waals surface area contributed by atoms with Crippen molar-refractivity contribution >= 4 is 11.9 Å². The molecular formula is C9H16N2O4. The average molecular weight is 216 g/mol. The van der Waals surface area contributed by atoms with Gasteiger partial charge in [-0.3, -0.25) is 9.59 Å². The van der Waals surface area contributed by atoms with E-state index in [1.54, 1.807) is 0 Å². The number of esters is 1. The Morgan fingerprint density at radius 1 is 1.13 bits per heavy atom. The van der Waals surface area contributed by atoms with Gasteiger partial charge in [0, 0.05) is 0 Å². The first-order valence-electron chi connectivity index (χ1n) is 4.74. The maximum Gasteiger partial charge on any atom is 0.325 e. The molecule has 2 aliphatic rings. The van der Waals surface area contributed by atoms with Crippen LogP contribution >= 0.6 is 0 Å². The highest BCUT2D eigenvalue weighted by molar-refractivity contribution is 5.83. The first kappa shape index (κ1) is 11.9. The maximum atomic E-state index is 10.5. The summed E-state index contributed by atoms with van der Waals surface area (Å²) >= 11 is 0. The quantitative estimate of drug-likeness (QED) is 0.521. The molecule has 6 nitrogen and oxygen atoms in total. The maximum absolute atomic E-state index is 10.5. The Hall–Kier alpha value is -1.14. The molecule has 0 bridgehead atoms. The number of methoxy groups -OCH3 is 1. The van der Waals surface area contributed by atoms with Crippen molar-refractivity contribution in [1.82, 2.24) is 0 Å². The summed E-state index contributed by atoms with van der Waals surface area (Å²) in [5.41, 5.74) is 9.18. The zero-order valence-electron chi connectivity index (χ0n) is 8.66. The lowest BCUT2D eigenvalue weighted by molar-refractivity contribution is -0.143. The number of carboxylic acids is 1. The van der Waals surface area contributed by atoms with Gasteiger partial charge in [0.2, 0.25) is 0 Å². The molecule has 0 atom stereocenters. The predicted octanol–water partition coefficient (Wildman–Crippen LogP) is -0.787. The zero-order valence-corrected chi connectivity index (χ0v) is 8.66. The second kappa shape index (κ2) is 3.79. The highest BCUT2D eigenvalue weighted by atomic mass is 16.5. The molecule has 0 unspecified atom stereocenters. The SMILES string of the molecule is COC(=O)C1(N)CC1.NC1(C(=O)O)CC1. The van der Waals surface area contributed by atoms with Gasteiger partial charge >= 0.3 is 11.9 Å². The molecule has 2 fully saturated rings. The Labute approximate surface area is 87.6 Å². The number of aliphatic carboxylic acids is 1. The van der Waals surface area contributed by atoms with Crippen molar-refractivity contribution in [3.05, 3.63) is 0 Å². The minimum atomic E-state index is -0.868. The molecule has 0 aliphatic heterocycles. The molecule has 6 heteroatoms. The van der Waals surface area contributed by atoms with Crippen molar-refractivity contribution in [2.24, 2.45) is 11.5 Å². The van der Waals surface area contributed by atoms with Crippen molar-refractivity contribution in [3.8, 4) is 0 Å². The van der Waals surface area contributed by atoms with Crippen LogP contribution in [0, 0.1) is 0 Å². The van der Waals surface area contributed by atoms with Gasteiger partial charge in [-0.05, 0) is 25.7 Å². The molecule has 0 amide bonds. The molecule has 0 aromatic rings. The lowest BCUT2D eigenvalue weighted by Gasteiger charge is -2.02. The third-order valence-electron chi connectivity index (χ3n) is 2.60. The van der Waals surface area contributed by atoms with Crippen molar-refractivity contribution in [3.63, 3.8) is 0 Å². The summed E-state index contributed by atoms with van der Waals surface area (Å²) < 4.78 is 4.41. The van der Waals surface area contributed by atoms with Gasteiger partial charge in [0.25, 0.3) is 0 Å². The number of ether oxygens (including phenoxy) is 1. The molecule has 0 radical (unpaired) electrons. The normalized spacial score (nSPS) is 23.1. The van der Waals surface area contributed by atoms with Gasteiger partial charge in [-0.15, -0.1) is 0 Å². The fourth-order valence-corrected chi connectivity index (χ4v) is 0.891. The van der Waals surface area contributed by atoms with E-state index in [1.807, 2.05) is 0 Å². The van der Waals surface area contributed by atoms with Crippen LogP contribution in [0.3, 0.4) is 0 Å². The van der Waals surface area contributed by atoms with Gasteiger partial charge in [-0.25, -0.2) is 0 Å². The van der Waals surface area contributed by atoms with Gasteiger partial charge in [0.05, 0.1) is 7.11 Å². The molecule has 0 heterocycles. The van der Waals surface area contributed by atoms with Crippen molar-refractivity contribution in [2.45, 2.75) is 36.8 Å². The zero-order chi connectivity index (χ0) is 11.7. The molecule has 0 aromatic heterocycles. The molecule has 2 saturated carbocycles. The van der Waals surface area contributed by atoms with Crippen LogP contribution in [0.25, 0.3) is 0 Å². The van der Waals surface area contributed by atoms with Crippen molar-refractivity contribution < 1.29 is 19.4 Å². The Morgan fingerprint density at radius 3 is 1.60 bits per heavy atom. The van der Waals surface area contributed by atoms with Crippen LogP contribution in [-0.4, -0.2) is 35.2 Å². The fourth-order valence-electron chi connectivity index (χ4n) is 0.891. The van der Waals surface area contributed by atoms with Gasteiger partial charge in [0.15, 0.2) is 0 Å². The van der Waals surface area contributed by atoms with Crippen LogP contribution in [0.15, 0.2) is 0 Å². The van der Waals surface area contributed by atoms with Crippen molar-refractivity contribution in [2.75, 3.05) is 7.11 Å². The number of nitrogens with two attached hydrogens (primary N) is 2. The van der Waals surface area contributed by atoms with E-state index in [2.05, 4.69) is 4.74 Å². The first-order valence-corrected chi connectivity index (χ1v) is 4.74. The molecule has 86 valence electrons. The molecule has 2 aliphatic carbocycles. The summed E-state index contributed by atoms with van der Waals surface area (Å²) in [5.74, 6) is -1.15. The summed E-state index contributed by atoms with van der Waals surface area (Å²) in [6, 6.07) is 0. The molecule has 0 aromatic carbocycles. The molecule has 0 saturated heterocycles. The van der Waals surface area contributed by atoms with E-state index in [0.29, 0.717) is 12.8 Å². The van der Waals surface area contributed by atoms with Gasteiger partial charge in [0.1, 0.15) is 11.1 Å². The summed E-state index contributed by atoms with van der Waals surface area (Å²) in [7, 11) is 1.36. The van der Waals surface area contributed by atoms with E-state index in [0.717, 1.165) is 12.8 Å². The summed E-state index contributed by atoms with van der Waals surface area (Å²) in [6.07, 6.45) is 2.84. The molecule has 0 spiro atoms. The number of rotatable bonds is 2. The Kier molecular flexibility index (Phi) is 3.01. The van der Waals surface area contributed by atoms with Gasteiger partial charge in [-0.2, -0.15) is 0 Å². The monoisotopic (exact) mass is 216 g/mol. The van der Waals surface area contributed by atoms with Gasteiger partial charge < -0.3 is 21.3 Å². The lowest BCUT2D eigenvalue weighted by atomic mass is 10.3. The van der Waals surface area contributed by atoms with Crippen LogP contribution in [0.5, 0.6) is 0 Å². The number of hydrogen-bond acceptors (Lipinski definition) is 5. The van der Waals surface area contributed by atoms with Crippen LogP contribution in [-0.2, 0) is 14.3 Å². The third kappa shape index (κ3) is 2.90. The summed E-state index contributed by atoms with van der Waals surface area (Å²) in [6.45, 7) is 0. The number of carbonyl (C=O) groups is 2. The number of carboxylic acid groups (broad SMARTS) is 1. The van der Waals surface area contributed by atoms with Crippen LogP contribution in [0.1, 0.15) is 25.7 Å². The summed E-state index contributed by atoms with van der Waals surface area (Å²) in [4.78, 5) is 20.5. The standard InChI is InChI=1S/C5H9NO2.C4H7NO2/c1-8-4(7)5(6)2-3-5;5-4(1-2-4)3(6)7/h2-3,6H2,1H3;1-2,5H2,(H,6,7). The Bertz CT molecular complexity index is 282. The summed E-state index contributed by atoms with van der Waals surface area (Å²) in [5, 5.41) is 8.19. The minimum Gasteiger partial charge on any atom is -0.480 e. The first-order chi connectivity index (χ1) is 6.84. The van der Waals surface area contributed by atoms with E-state index in [4.69, 9.17) is 16.6 Å². The Morgan fingerprint density at radius 2 is 1.53 bits per heavy atom. The van der Waals surface area contributed by atoms with Crippen LogP contribution in [0.2, 0.25) is 0 Å². The van der Waals surface area contributed by atoms with Crippen molar-refractivity contribution in [1.29, 1.82) is 0 Å². The number of carbonyl (C=O) groups excluding carboxylic acids is 1.